The Morgan fingerprint density at radius 3 is 2.83 bits per heavy atom. The smallest absolute Gasteiger partial charge is 0.236 e. The minimum Gasteiger partial charge on any atom is -0.492 e. The first-order chi connectivity index (χ1) is 17.6. The van der Waals surface area contributed by atoms with Gasteiger partial charge in [0.05, 0.1) is 6.07 Å². The lowest BCUT2D eigenvalue weighted by atomic mass is 9.95. The zero-order valence-corrected chi connectivity index (χ0v) is 20.7. The van der Waals surface area contributed by atoms with E-state index in [1.807, 2.05) is 37.3 Å². The van der Waals surface area contributed by atoms with Crippen LogP contribution in [0.1, 0.15) is 36.9 Å². The molecule has 2 fully saturated rings. The highest BCUT2D eigenvalue weighted by Crippen LogP contribution is 2.36. The first-order valence-corrected chi connectivity index (χ1v) is 12.7. The van der Waals surface area contributed by atoms with Gasteiger partial charge in [-0.2, -0.15) is 5.26 Å². The summed E-state index contributed by atoms with van der Waals surface area (Å²) in [5.41, 5.74) is 2.54. The van der Waals surface area contributed by atoms with Crippen molar-refractivity contribution in [2.75, 3.05) is 44.6 Å². The molecular weight excluding hydrogens is 456 g/mol. The summed E-state index contributed by atoms with van der Waals surface area (Å²) in [6, 6.07) is 9.77. The predicted octanol–water partition coefficient (Wildman–Crippen LogP) is 3.51. The lowest BCUT2D eigenvalue weighted by Crippen LogP contribution is -2.44. The Labute approximate surface area is 211 Å². The van der Waals surface area contributed by atoms with Crippen LogP contribution < -0.4 is 10.1 Å². The van der Waals surface area contributed by atoms with E-state index in [9.17, 15) is 4.79 Å². The molecule has 0 bridgehead atoms. The molecule has 1 N–H and O–H groups in total. The molecule has 5 rings (SSSR count). The standard InChI is InChI=1S/C27H32N6O3/c1-19-17-29-27(30-21-4-6-22(7-5-21)35-15-14-32-11-2-3-12-32)31-26(19)24-16-20-18-33(25(34)8-10-28)13-9-23(20)36-24/h4-7,16-17,20,23H,2-3,8-9,11-15,18H2,1H3,(H,29,30,31). The molecule has 2 unspecified atom stereocenters. The first kappa shape index (κ1) is 24.1. The maximum Gasteiger partial charge on any atom is 0.236 e. The fourth-order valence-electron chi connectivity index (χ4n) is 5.02. The van der Waals surface area contributed by atoms with Crippen LogP contribution in [0.4, 0.5) is 11.6 Å². The Kier molecular flexibility index (Phi) is 7.33. The summed E-state index contributed by atoms with van der Waals surface area (Å²) in [6.45, 7) is 7.14. The second-order valence-corrected chi connectivity index (χ2v) is 9.59. The van der Waals surface area contributed by atoms with Gasteiger partial charge in [0.25, 0.3) is 0 Å². The van der Waals surface area contributed by atoms with Crippen LogP contribution in [-0.4, -0.2) is 71.1 Å². The third-order valence-corrected chi connectivity index (χ3v) is 7.01. The maximum atomic E-state index is 12.1. The number of aromatic nitrogens is 2. The fraction of sp³-hybridized carbons (Fsp3) is 0.481. The number of ether oxygens (including phenoxy) is 2. The van der Waals surface area contributed by atoms with E-state index in [0.717, 1.165) is 41.4 Å². The SMILES string of the molecule is Cc1cnc(Nc2ccc(OCCN3CCCC3)cc2)nc1C1=CC2CN(C(=O)CC#N)CCC2O1. The van der Waals surface area contributed by atoms with Crippen LogP contribution in [0.2, 0.25) is 0 Å². The molecule has 9 nitrogen and oxygen atoms in total. The molecule has 188 valence electrons. The number of carbonyl (C=O) groups excluding carboxylic acids is 1. The number of nitriles is 1. The summed E-state index contributed by atoms with van der Waals surface area (Å²) in [5, 5.41) is 12.1. The van der Waals surface area contributed by atoms with E-state index in [0.29, 0.717) is 25.6 Å². The summed E-state index contributed by atoms with van der Waals surface area (Å²) >= 11 is 0. The van der Waals surface area contributed by atoms with Crippen molar-refractivity contribution in [2.24, 2.45) is 5.92 Å². The van der Waals surface area contributed by atoms with Gasteiger partial charge in [-0.05, 0) is 68.8 Å². The number of nitrogens with zero attached hydrogens (tertiary/aromatic N) is 5. The zero-order valence-electron chi connectivity index (χ0n) is 20.7. The Morgan fingerprint density at radius 2 is 2.06 bits per heavy atom. The molecule has 9 heteroatoms. The van der Waals surface area contributed by atoms with Gasteiger partial charge in [0.1, 0.15) is 36.3 Å². The maximum absolute atomic E-state index is 12.1. The number of aryl methyl sites for hydroxylation is 1. The average Bonchev–Trinajstić information content (AvgIpc) is 3.56. The fourth-order valence-corrected chi connectivity index (χ4v) is 5.02. The van der Waals surface area contributed by atoms with E-state index in [-0.39, 0.29) is 24.3 Å². The minimum absolute atomic E-state index is 0.0231. The minimum atomic E-state index is -0.120. The molecule has 2 aromatic rings. The van der Waals surface area contributed by atoms with Gasteiger partial charge in [-0.1, -0.05) is 0 Å². The molecule has 36 heavy (non-hydrogen) atoms. The summed E-state index contributed by atoms with van der Waals surface area (Å²) in [6.07, 6.45) is 7.10. The van der Waals surface area contributed by atoms with Gasteiger partial charge < -0.3 is 19.7 Å². The number of hydrogen-bond acceptors (Lipinski definition) is 8. The number of piperidine rings is 1. The Hall–Kier alpha value is -3.64. The number of benzene rings is 1. The van der Waals surface area contributed by atoms with Gasteiger partial charge in [0.2, 0.25) is 11.9 Å². The van der Waals surface area contributed by atoms with Crippen LogP contribution in [0.3, 0.4) is 0 Å². The highest BCUT2D eigenvalue weighted by molar-refractivity contribution is 5.78. The third-order valence-electron chi connectivity index (χ3n) is 7.01. The quantitative estimate of drug-likeness (QED) is 0.602. The van der Waals surface area contributed by atoms with E-state index in [2.05, 4.69) is 21.3 Å². The number of rotatable bonds is 8. The van der Waals surface area contributed by atoms with Crippen molar-refractivity contribution < 1.29 is 14.3 Å². The lowest BCUT2D eigenvalue weighted by molar-refractivity contribution is -0.132. The van der Waals surface area contributed by atoms with Gasteiger partial charge in [-0.25, -0.2) is 9.97 Å². The number of hydrogen-bond donors (Lipinski definition) is 1. The molecule has 0 spiro atoms. The normalized spacial score (nSPS) is 21.3. The van der Waals surface area contributed by atoms with Crippen LogP contribution in [0.25, 0.3) is 5.76 Å². The van der Waals surface area contributed by atoms with Gasteiger partial charge in [0, 0.05) is 43.9 Å². The van der Waals surface area contributed by atoms with Crippen molar-refractivity contribution in [1.29, 1.82) is 5.26 Å². The molecule has 1 amide bonds. The monoisotopic (exact) mass is 488 g/mol. The van der Waals surface area contributed by atoms with Crippen molar-refractivity contribution in [3.63, 3.8) is 0 Å². The van der Waals surface area contributed by atoms with Crippen LogP contribution in [0.15, 0.2) is 36.5 Å². The van der Waals surface area contributed by atoms with E-state index in [4.69, 9.17) is 19.7 Å². The van der Waals surface area contributed by atoms with Crippen molar-refractivity contribution in [3.05, 3.63) is 47.8 Å². The van der Waals surface area contributed by atoms with Crippen molar-refractivity contribution >= 4 is 23.3 Å². The summed E-state index contributed by atoms with van der Waals surface area (Å²) in [5.74, 6) is 2.04. The molecule has 3 aliphatic heterocycles. The van der Waals surface area contributed by atoms with Crippen LogP contribution >= 0.6 is 0 Å². The Balaban J connectivity index is 1.20. The number of amides is 1. The second-order valence-electron chi connectivity index (χ2n) is 9.59. The molecule has 2 saturated heterocycles. The van der Waals surface area contributed by atoms with Gasteiger partial charge >= 0.3 is 0 Å². The van der Waals surface area contributed by atoms with Crippen LogP contribution in [0.5, 0.6) is 5.75 Å². The molecule has 0 aliphatic carbocycles. The molecule has 3 aliphatic rings. The molecular formula is C27H32N6O3. The molecule has 1 aromatic heterocycles. The highest BCUT2D eigenvalue weighted by atomic mass is 16.5. The summed E-state index contributed by atoms with van der Waals surface area (Å²) < 4.78 is 12.1. The third kappa shape index (κ3) is 5.60. The summed E-state index contributed by atoms with van der Waals surface area (Å²) in [7, 11) is 0. The lowest BCUT2D eigenvalue weighted by Gasteiger charge is -2.33. The zero-order chi connectivity index (χ0) is 24.9. The van der Waals surface area contributed by atoms with E-state index in [1.54, 1.807) is 11.1 Å². The molecule has 0 saturated carbocycles. The largest absolute Gasteiger partial charge is 0.492 e. The number of nitrogens with one attached hydrogen (secondary N) is 1. The van der Waals surface area contributed by atoms with Gasteiger partial charge in [-0.3, -0.25) is 9.69 Å². The number of fused-ring (bicyclic) bond motifs is 1. The molecule has 0 radical (unpaired) electrons. The number of anilines is 2. The Bertz CT molecular complexity index is 1150. The van der Waals surface area contributed by atoms with Crippen molar-refractivity contribution in [1.82, 2.24) is 19.8 Å². The number of likely N-dealkylation sites (tertiary alicyclic amines) is 2. The van der Waals surface area contributed by atoms with Gasteiger partial charge in [0.15, 0.2) is 0 Å². The van der Waals surface area contributed by atoms with Crippen LogP contribution in [0, 0.1) is 24.2 Å². The van der Waals surface area contributed by atoms with Gasteiger partial charge in [-0.15, -0.1) is 0 Å². The molecule has 4 heterocycles. The summed E-state index contributed by atoms with van der Waals surface area (Å²) in [4.78, 5) is 25.5. The van der Waals surface area contributed by atoms with E-state index >= 15 is 0 Å². The second kappa shape index (κ2) is 11.0. The average molecular weight is 489 g/mol. The Morgan fingerprint density at radius 1 is 1.25 bits per heavy atom. The molecule has 2 atom stereocenters. The number of carbonyl (C=O) groups is 1. The predicted molar refractivity (Wildman–Crippen MR) is 135 cm³/mol. The van der Waals surface area contributed by atoms with Crippen molar-refractivity contribution in [3.8, 4) is 11.8 Å². The first-order valence-electron chi connectivity index (χ1n) is 12.7. The van der Waals surface area contributed by atoms with E-state index < -0.39 is 0 Å². The molecule has 1 aromatic carbocycles. The van der Waals surface area contributed by atoms with Crippen molar-refractivity contribution in [2.45, 2.75) is 38.7 Å². The van der Waals surface area contributed by atoms with E-state index in [1.165, 1.54) is 25.9 Å². The topological polar surface area (TPSA) is 104 Å². The van der Waals surface area contributed by atoms with Crippen LogP contribution in [-0.2, 0) is 9.53 Å². The highest BCUT2D eigenvalue weighted by Gasteiger charge is 2.37.